The van der Waals surface area contributed by atoms with E-state index in [1.807, 2.05) is 42.5 Å². The van der Waals surface area contributed by atoms with Gasteiger partial charge in [-0.15, -0.1) is 0 Å². The van der Waals surface area contributed by atoms with Crippen molar-refractivity contribution in [3.63, 3.8) is 0 Å². The van der Waals surface area contributed by atoms with Crippen molar-refractivity contribution in [3.05, 3.63) is 96.1 Å². The van der Waals surface area contributed by atoms with Gasteiger partial charge < -0.3 is 10.1 Å². The van der Waals surface area contributed by atoms with E-state index in [2.05, 4.69) is 54.7 Å². The average Bonchev–Trinajstić information content (AvgIpc) is 2.62. The lowest BCUT2D eigenvalue weighted by molar-refractivity contribution is 0.306. The summed E-state index contributed by atoms with van der Waals surface area (Å²) in [5, 5.41) is 3.53. The molecule has 0 aliphatic rings. The molecule has 0 saturated carbocycles. The van der Waals surface area contributed by atoms with Crippen LogP contribution in [0.15, 0.2) is 84.9 Å². The SMILES string of the molecule is CC(Cc1cccc(OCc2ccccc2)c1)Nc1ccccc1. The van der Waals surface area contributed by atoms with Crippen LogP contribution < -0.4 is 10.1 Å². The van der Waals surface area contributed by atoms with Crippen LogP contribution in [-0.2, 0) is 13.0 Å². The molecule has 122 valence electrons. The maximum Gasteiger partial charge on any atom is 0.120 e. The lowest BCUT2D eigenvalue weighted by Gasteiger charge is -2.16. The summed E-state index contributed by atoms with van der Waals surface area (Å²) in [5.41, 5.74) is 3.61. The smallest absolute Gasteiger partial charge is 0.120 e. The lowest BCUT2D eigenvalue weighted by atomic mass is 10.1. The summed E-state index contributed by atoms with van der Waals surface area (Å²) in [6.07, 6.45) is 0.956. The second-order valence-corrected chi connectivity index (χ2v) is 6.04. The van der Waals surface area contributed by atoms with Gasteiger partial charge in [0.15, 0.2) is 0 Å². The minimum atomic E-state index is 0.358. The number of para-hydroxylation sites is 1. The fourth-order valence-electron chi connectivity index (χ4n) is 2.73. The predicted octanol–water partition coefficient (Wildman–Crippen LogP) is 5.31. The van der Waals surface area contributed by atoms with Crippen molar-refractivity contribution in [2.75, 3.05) is 5.32 Å². The van der Waals surface area contributed by atoms with Crippen LogP contribution >= 0.6 is 0 Å². The van der Waals surface area contributed by atoms with Gasteiger partial charge in [-0.1, -0.05) is 60.7 Å². The van der Waals surface area contributed by atoms with E-state index in [1.165, 1.54) is 11.1 Å². The summed E-state index contributed by atoms with van der Waals surface area (Å²) in [7, 11) is 0. The molecule has 24 heavy (non-hydrogen) atoms. The molecule has 2 nitrogen and oxygen atoms in total. The van der Waals surface area contributed by atoms with E-state index in [0.29, 0.717) is 12.6 Å². The highest BCUT2D eigenvalue weighted by Gasteiger charge is 2.05. The summed E-state index contributed by atoms with van der Waals surface area (Å²) in [6, 6.07) is 29.3. The van der Waals surface area contributed by atoms with E-state index in [0.717, 1.165) is 17.9 Å². The molecule has 0 aliphatic carbocycles. The van der Waals surface area contributed by atoms with Gasteiger partial charge in [0.2, 0.25) is 0 Å². The summed E-state index contributed by atoms with van der Waals surface area (Å²) in [4.78, 5) is 0. The van der Waals surface area contributed by atoms with Crippen LogP contribution in [0.4, 0.5) is 5.69 Å². The molecule has 0 aliphatic heterocycles. The third kappa shape index (κ3) is 4.88. The van der Waals surface area contributed by atoms with Crippen LogP contribution in [0.25, 0.3) is 0 Å². The second-order valence-electron chi connectivity index (χ2n) is 6.04. The normalized spacial score (nSPS) is 11.7. The molecule has 1 unspecified atom stereocenters. The number of benzene rings is 3. The number of hydrogen-bond donors (Lipinski definition) is 1. The molecule has 0 spiro atoms. The summed E-state index contributed by atoms with van der Waals surface area (Å²) < 4.78 is 5.91. The van der Waals surface area contributed by atoms with Crippen molar-refractivity contribution < 1.29 is 4.74 Å². The third-order valence-electron chi connectivity index (χ3n) is 3.88. The van der Waals surface area contributed by atoms with E-state index >= 15 is 0 Å². The fraction of sp³-hybridized carbons (Fsp3) is 0.182. The van der Waals surface area contributed by atoms with Crippen LogP contribution in [0, 0.1) is 0 Å². The topological polar surface area (TPSA) is 21.3 Å². The first-order valence-corrected chi connectivity index (χ1v) is 8.37. The van der Waals surface area contributed by atoms with Gasteiger partial charge >= 0.3 is 0 Å². The Labute approximate surface area is 144 Å². The Morgan fingerprint density at radius 3 is 2.21 bits per heavy atom. The first kappa shape index (κ1) is 16.1. The van der Waals surface area contributed by atoms with E-state index < -0.39 is 0 Å². The molecule has 3 rings (SSSR count). The van der Waals surface area contributed by atoms with Crippen molar-refractivity contribution in [1.29, 1.82) is 0 Å². The Bertz CT molecular complexity index is 740. The number of anilines is 1. The van der Waals surface area contributed by atoms with Crippen LogP contribution in [0.5, 0.6) is 5.75 Å². The molecule has 3 aromatic carbocycles. The van der Waals surface area contributed by atoms with Gasteiger partial charge in [0.25, 0.3) is 0 Å². The second kappa shape index (κ2) is 8.21. The Hall–Kier alpha value is -2.74. The maximum absolute atomic E-state index is 5.91. The zero-order valence-electron chi connectivity index (χ0n) is 14.0. The molecular formula is C22H23NO. The van der Waals surface area contributed by atoms with E-state index in [1.54, 1.807) is 0 Å². The average molecular weight is 317 g/mol. The Morgan fingerprint density at radius 2 is 1.46 bits per heavy atom. The number of ether oxygens (including phenoxy) is 1. The zero-order chi connectivity index (χ0) is 16.6. The molecule has 0 aromatic heterocycles. The molecule has 0 amide bonds. The summed E-state index contributed by atoms with van der Waals surface area (Å²) in [6.45, 7) is 2.80. The Kier molecular flexibility index (Phi) is 5.52. The van der Waals surface area contributed by atoms with Gasteiger partial charge in [-0.25, -0.2) is 0 Å². The number of hydrogen-bond acceptors (Lipinski definition) is 2. The van der Waals surface area contributed by atoms with Crippen molar-refractivity contribution in [2.24, 2.45) is 0 Å². The van der Waals surface area contributed by atoms with Crippen molar-refractivity contribution >= 4 is 5.69 Å². The van der Waals surface area contributed by atoms with Crippen molar-refractivity contribution in [3.8, 4) is 5.75 Å². The fourth-order valence-corrected chi connectivity index (χ4v) is 2.73. The van der Waals surface area contributed by atoms with Gasteiger partial charge in [0, 0.05) is 11.7 Å². The zero-order valence-corrected chi connectivity index (χ0v) is 14.0. The van der Waals surface area contributed by atoms with Gasteiger partial charge in [0.05, 0.1) is 0 Å². The first-order valence-electron chi connectivity index (χ1n) is 8.37. The quantitative estimate of drug-likeness (QED) is 0.637. The Balaban J connectivity index is 1.56. The van der Waals surface area contributed by atoms with Gasteiger partial charge in [-0.2, -0.15) is 0 Å². The van der Waals surface area contributed by atoms with Gasteiger partial charge in [-0.05, 0) is 48.7 Å². The molecule has 1 N–H and O–H groups in total. The van der Waals surface area contributed by atoms with Gasteiger partial charge in [-0.3, -0.25) is 0 Å². The largest absolute Gasteiger partial charge is 0.489 e. The third-order valence-corrected chi connectivity index (χ3v) is 3.88. The van der Waals surface area contributed by atoms with Crippen LogP contribution in [0.1, 0.15) is 18.1 Å². The summed E-state index contributed by atoms with van der Waals surface area (Å²) >= 11 is 0. The molecule has 0 saturated heterocycles. The Morgan fingerprint density at radius 1 is 0.792 bits per heavy atom. The minimum Gasteiger partial charge on any atom is -0.489 e. The van der Waals surface area contributed by atoms with Crippen LogP contribution in [0.3, 0.4) is 0 Å². The molecule has 0 fully saturated rings. The van der Waals surface area contributed by atoms with Crippen molar-refractivity contribution in [2.45, 2.75) is 26.0 Å². The summed E-state index contributed by atoms with van der Waals surface area (Å²) in [5.74, 6) is 0.920. The highest BCUT2D eigenvalue weighted by atomic mass is 16.5. The molecule has 1 atom stereocenters. The predicted molar refractivity (Wildman–Crippen MR) is 100 cm³/mol. The number of nitrogens with one attached hydrogen (secondary N) is 1. The standard InChI is InChI=1S/C22H23NO/c1-18(23-21-12-6-3-7-13-21)15-20-11-8-14-22(16-20)24-17-19-9-4-2-5-10-19/h2-14,16,18,23H,15,17H2,1H3. The van der Waals surface area contributed by atoms with E-state index in [9.17, 15) is 0 Å². The molecular weight excluding hydrogens is 294 g/mol. The van der Waals surface area contributed by atoms with E-state index in [4.69, 9.17) is 4.74 Å². The van der Waals surface area contributed by atoms with E-state index in [-0.39, 0.29) is 0 Å². The highest BCUT2D eigenvalue weighted by Crippen LogP contribution is 2.17. The number of rotatable bonds is 7. The monoisotopic (exact) mass is 317 g/mol. The molecule has 2 heteroatoms. The minimum absolute atomic E-state index is 0.358. The molecule has 0 bridgehead atoms. The molecule has 3 aromatic rings. The van der Waals surface area contributed by atoms with Crippen LogP contribution in [-0.4, -0.2) is 6.04 Å². The maximum atomic E-state index is 5.91. The van der Waals surface area contributed by atoms with Crippen molar-refractivity contribution in [1.82, 2.24) is 0 Å². The lowest BCUT2D eigenvalue weighted by Crippen LogP contribution is -2.17. The highest BCUT2D eigenvalue weighted by molar-refractivity contribution is 5.43. The molecule has 0 radical (unpaired) electrons. The van der Waals surface area contributed by atoms with Crippen LogP contribution in [0.2, 0.25) is 0 Å². The van der Waals surface area contributed by atoms with Gasteiger partial charge in [0.1, 0.15) is 12.4 Å². The first-order chi connectivity index (χ1) is 11.8. The molecule has 0 heterocycles.